The first-order chi connectivity index (χ1) is 8.04. The van der Waals surface area contributed by atoms with Crippen LogP contribution in [0.5, 0.6) is 5.75 Å². The van der Waals surface area contributed by atoms with Gasteiger partial charge in [-0.15, -0.1) is 0 Å². The summed E-state index contributed by atoms with van der Waals surface area (Å²) in [7, 11) is 1.48. The summed E-state index contributed by atoms with van der Waals surface area (Å²) in [5.74, 6) is 0.631. The molecule has 0 saturated heterocycles. The summed E-state index contributed by atoms with van der Waals surface area (Å²) < 4.78 is 18.8. The standard InChI is InChI=1S/C14H22FNO/c1-10(2)9-12(16)8-7-11-5-4-6-13(17-3)14(11)15/h4-6,10,12H,7-9,16H2,1-3H3. The molecule has 1 atom stereocenters. The Kier molecular flexibility index (Phi) is 5.42. The topological polar surface area (TPSA) is 35.2 Å². The molecule has 3 heteroatoms. The fourth-order valence-corrected chi connectivity index (χ4v) is 1.97. The van der Waals surface area contributed by atoms with E-state index < -0.39 is 0 Å². The Bertz CT molecular complexity index is 352. The zero-order valence-electron chi connectivity index (χ0n) is 10.9. The van der Waals surface area contributed by atoms with Gasteiger partial charge in [0.05, 0.1) is 7.11 Å². The zero-order chi connectivity index (χ0) is 12.8. The molecule has 0 aromatic heterocycles. The second-order valence-electron chi connectivity index (χ2n) is 4.86. The van der Waals surface area contributed by atoms with Crippen molar-refractivity contribution in [3.63, 3.8) is 0 Å². The average molecular weight is 239 g/mol. The van der Waals surface area contributed by atoms with Gasteiger partial charge in [0.15, 0.2) is 11.6 Å². The van der Waals surface area contributed by atoms with Crippen LogP contribution < -0.4 is 10.5 Å². The number of halogens is 1. The van der Waals surface area contributed by atoms with Crippen LogP contribution in [0.1, 0.15) is 32.3 Å². The van der Waals surface area contributed by atoms with Crippen molar-refractivity contribution in [3.8, 4) is 5.75 Å². The minimum absolute atomic E-state index is 0.139. The minimum Gasteiger partial charge on any atom is -0.494 e. The summed E-state index contributed by atoms with van der Waals surface area (Å²) in [4.78, 5) is 0. The molecule has 96 valence electrons. The van der Waals surface area contributed by atoms with Crippen molar-refractivity contribution < 1.29 is 9.13 Å². The third kappa shape index (κ3) is 4.35. The van der Waals surface area contributed by atoms with Crippen molar-refractivity contribution in [2.45, 2.75) is 39.2 Å². The van der Waals surface area contributed by atoms with Gasteiger partial charge in [0.25, 0.3) is 0 Å². The van der Waals surface area contributed by atoms with Crippen molar-refractivity contribution in [1.82, 2.24) is 0 Å². The fraction of sp³-hybridized carbons (Fsp3) is 0.571. The van der Waals surface area contributed by atoms with Crippen molar-refractivity contribution in [2.24, 2.45) is 11.7 Å². The average Bonchev–Trinajstić information content (AvgIpc) is 2.27. The van der Waals surface area contributed by atoms with E-state index in [-0.39, 0.29) is 11.9 Å². The van der Waals surface area contributed by atoms with E-state index in [1.807, 2.05) is 6.07 Å². The summed E-state index contributed by atoms with van der Waals surface area (Å²) in [6, 6.07) is 5.37. The molecule has 1 rings (SSSR count). The van der Waals surface area contributed by atoms with E-state index in [4.69, 9.17) is 10.5 Å². The lowest BCUT2D eigenvalue weighted by atomic mass is 9.98. The summed E-state index contributed by atoms with van der Waals surface area (Å²) in [5.41, 5.74) is 6.67. The van der Waals surface area contributed by atoms with Gasteiger partial charge in [-0.25, -0.2) is 4.39 Å². The predicted octanol–water partition coefficient (Wildman–Crippen LogP) is 3.14. The van der Waals surface area contributed by atoms with Crippen LogP contribution in [-0.2, 0) is 6.42 Å². The van der Waals surface area contributed by atoms with Crippen molar-refractivity contribution >= 4 is 0 Å². The van der Waals surface area contributed by atoms with Crippen LogP contribution in [0.15, 0.2) is 18.2 Å². The third-order valence-electron chi connectivity index (χ3n) is 2.82. The van der Waals surface area contributed by atoms with Gasteiger partial charge in [0.1, 0.15) is 0 Å². The Hall–Kier alpha value is -1.09. The maximum absolute atomic E-state index is 13.8. The largest absolute Gasteiger partial charge is 0.494 e. The molecule has 17 heavy (non-hydrogen) atoms. The molecule has 0 aliphatic rings. The first-order valence-corrected chi connectivity index (χ1v) is 6.11. The summed E-state index contributed by atoms with van der Waals surface area (Å²) in [6.07, 6.45) is 2.45. The molecule has 2 N–H and O–H groups in total. The molecule has 0 aliphatic carbocycles. The lowest BCUT2D eigenvalue weighted by Crippen LogP contribution is -2.22. The number of ether oxygens (including phenoxy) is 1. The second-order valence-corrected chi connectivity index (χ2v) is 4.86. The molecule has 0 radical (unpaired) electrons. The normalized spacial score (nSPS) is 12.8. The van der Waals surface area contributed by atoms with E-state index in [0.29, 0.717) is 23.7 Å². The molecule has 1 aromatic carbocycles. The van der Waals surface area contributed by atoms with Gasteiger partial charge in [-0.2, -0.15) is 0 Å². The van der Waals surface area contributed by atoms with Crippen molar-refractivity contribution in [2.75, 3.05) is 7.11 Å². The van der Waals surface area contributed by atoms with E-state index in [1.165, 1.54) is 7.11 Å². The summed E-state index contributed by atoms with van der Waals surface area (Å²) in [5, 5.41) is 0. The molecule has 0 saturated carbocycles. The van der Waals surface area contributed by atoms with E-state index in [1.54, 1.807) is 12.1 Å². The van der Waals surface area contributed by atoms with E-state index in [0.717, 1.165) is 12.8 Å². The van der Waals surface area contributed by atoms with Crippen molar-refractivity contribution in [3.05, 3.63) is 29.6 Å². The highest BCUT2D eigenvalue weighted by atomic mass is 19.1. The molecular weight excluding hydrogens is 217 g/mol. The first-order valence-electron chi connectivity index (χ1n) is 6.11. The van der Waals surface area contributed by atoms with Gasteiger partial charge in [-0.3, -0.25) is 0 Å². The number of methoxy groups -OCH3 is 1. The SMILES string of the molecule is COc1cccc(CCC(N)CC(C)C)c1F. The van der Waals surface area contributed by atoms with Crippen LogP contribution >= 0.6 is 0 Å². The summed E-state index contributed by atoms with van der Waals surface area (Å²) in [6.45, 7) is 4.29. The number of rotatable bonds is 6. The Labute approximate surface area is 103 Å². The van der Waals surface area contributed by atoms with Crippen LogP contribution in [0, 0.1) is 11.7 Å². The fourth-order valence-electron chi connectivity index (χ4n) is 1.97. The number of hydrogen-bond acceptors (Lipinski definition) is 2. The molecule has 2 nitrogen and oxygen atoms in total. The molecule has 0 amide bonds. The number of aryl methyl sites for hydroxylation is 1. The molecule has 1 unspecified atom stereocenters. The predicted molar refractivity (Wildman–Crippen MR) is 68.7 cm³/mol. The zero-order valence-corrected chi connectivity index (χ0v) is 10.9. The molecular formula is C14H22FNO. The minimum atomic E-state index is -0.258. The van der Waals surface area contributed by atoms with Gasteiger partial charge >= 0.3 is 0 Å². The highest BCUT2D eigenvalue weighted by molar-refractivity contribution is 5.31. The molecule has 0 spiro atoms. The lowest BCUT2D eigenvalue weighted by molar-refractivity contribution is 0.383. The highest BCUT2D eigenvalue weighted by Crippen LogP contribution is 2.21. The number of hydrogen-bond donors (Lipinski definition) is 1. The summed E-state index contributed by atoms with van der Waals surface area (Å²) >= 11 is 0. The Morgan fingerprint density at radius 2 is 2.06 bits per heavy atom. The monoisotopic (exact) mass is 239 g/mol. The van der Waals surface area contributed by atoms with E-state index >= 15 is 0 Å². The van der Waals surface area contributed by atoms with Gasteiger partial charge in [-0.1, -0.05) is 26.0 Å². The maximum Gasteiger partial charge on any atom is 0.168 e. The van der Waals surface area contributed by atoms with Crippen LogP contribution in [0.4, 0.5) is 4.39 Å². The van der Waals surface area contributed by atoms with Gasteiger partial charge in [0, 0.05) is 6.04 Å². The van der Waals surface area contributed by atoms with Gasteiger partial charge < -0.3 is 10.5 Å². The molecule has 1 aromatic rings. The van der Waals surface area contributed by atoms with E-state index in [2.05, 4.69) is 13.8 Å². The Balaban J connectivity index is 2.57. The Morgan fingerprint density at radius 1 is 1.35 bits per heavy atom. The third-order valence-corrected chi connectivity index (χ3v) is 2.82. The molecule has 0 heterocycles. The smallest absolute Gasteiger partial charge is 0.168 e. The second kappa shape index (κ2) is 6.60. The van der Waals surface area contributed by atoms with Gasteiger partial charge in [-0.05, 0) is 36.8 Å². The van der Waals surface area contributed by atoms with E-state index in [9.17, 15) is 4.39 Å². The highest BCUT2D eigenvalue weighted by Gasteiger charge is 2.11. The van der Waals surface area contributed by atoms with Crippen LogP contribution in [-0.4, -0.2) is 13.2 Å². The molecule has 0 bridgehead atoms. The molecule has 0 fully saturated rings. The first kappa shape index (κ1) is 14.0. The molecule has 0 aliphatic heterocycles. The van der Waals surface area contributed by atoms with Gasteiger partial charge in [0.2, 0.25) is 0 Å². The maximum atomic E-state index is 13.8. The number of benzene rings is 1. The quantitative estimate of drug-likeness (QED) is 0.827. The Morgan fingerprint density at radius 3 is 2.65 bits per heavy atom. The van der Waals surface area contributed by atoms with Crippen molar-refractivity contribution in [1.29, 1.82) is 0 Å². The number of nitrogens with two attached hydrogens (primary N) is 1. The van der Waals surface area contributed by atoms with Crippen LogP contribution in [0.25, 0.3) is 0 Å². The lowest BCUT2D eigenvalue weighted by Gasteiger charge is -2.14. The van der Waals surface area contributed by atoms with Crippen LogP contribution in [0.3, 0.4) is 0 Å². The van der Waals surface area contributed by atoms with Crippen LogP contribution in [0.2, 0.25) is 0 Å².